The van der Waals surface area contributed by atoms with Crippen LogP contribution >= 0.6 is 11.8 Å². The lowest BCUT2D eigenvalue weighted by molar-refractivity contribution is -0.157. The minimum Gasteiger partial charge on any atom is -0.390 e. The Kier molecular flexibility index (Phi) is 40.4. The summed E-state index contributed by atoms with van der Waals surface area (Å²) in [7, 11) is 10.1. The van der Waals surface area contributed by atoms with Crippen LogP contribution in [-0.4, -0.2) is 269 Å². The highest BCUT2D eigenvalue weighted by Crippen LogP contribution is 2.27. The van der Waals surface area contributed by atoms with E-state index in [-0.39, 0.29) is 68.6 Å². The number of allylic oxidation sites excluding steroid dienone is 2. The average Bonchev–Trinajstić information content (AvgIpc) is 0.806. The summed E-state index contributed by atoms with van der Waals surface area (Å²) in [5.41, 5.74) is 0. The van der Waals surface area contributed by atoms with Gasteiger partial charge in [0.1, 0.15) is 60.4 Å². The Morgan fingerprint density at radius 2 is 0.990 bits per heavy atom. The van der Waals surface area contributed by atoms with Gasteiger partial charge in [0, 0.05) is 62.0 Å². The third kappa shape index (κ3) is 26.8. The lowest BCUT2D eigenvalue weighted by Crippen LogP contribution is -2.64. The van der Waals surface area contributed by atoms with Crippen molar-refractivity contribution in [3.8, 4) is 0 Å². The highest BCUT2D eigenvalue weighted by atomic mass is 32.2. The van der Waals surface area contributed by atoms with Crippen LogP contribution in [0.1, 0.15) is 190 Å². The van der Waals surface area contributed by atoms with E-state index < -0.39 is 155 Å². The van der Waals surface area contributed by atoms with Crippen LogP contribution in [0.4, 0.5) is 0 Å². The molecule has 0 aliphatic carbocycles. The van der Waals surface area contributed by atoms with Crippen LogP contribution in [0, 0.1) is 41.4 Å². The third-order valence-corrected chi connectivity index (χ3v) is 20.6. The van der Waals surface area contributed by atoms with Crippen LogP contribution < -0.4 is 21.3 Å². The number of ether oxygens (including phenoxy) is 1. The van der Waals surface area contributed by atoms with Crippen molar-refractivity contribution in [2.24, 2.45) is 41.4 Å². The number of carbonyl (C=O) groups excluding carboxylic acids is 11. The van der Waals surface area contributed by atoms with Gasteiger partial charge in [-0.1, -0.05) is 129 Å². The Morgan fingerprint density at radius 1 is 0.515 bits per heavy atom. The van der Waals surface area contributed by atoms with Crippen LogP contribution in [0.2, 0.25) is 0 Å². The molecule has 570 valence electrons. The molecule has 1 rings (SSSR count). The molecule has 1 aliphatic rings. The maximum Gasteiger partial charge on any atom is 0.256 e. The number of thioether (sulfide) groups is 1. The Balaban J connectivity index is 4.64. The molecular weight excluding hydrogens is 1280 g/mol. The molecule has 1 saturated heterocycles. The number of aliphatic hydroxyl groups excluding tert-OH is 1. The SMILES string of the molecule is C/C=C/C[C@@H](C)[C@@H](O)[C@H]1C(=O)N[C@@H](CC)C(=O)N(C)[C@H](SCCCN(CC)C(C)C)C(=O)N(C)[C@@H](COCC(CC)CC)C(=O)N[C@@H](C(C)C)C(=O)N(C)[C@@H](CC(C)C)C(=O)N[C@@H](C)C(=O)N[C@H](C)C(=O)N(C)[C@@H](CC(C)C)C(=O)N(C)[C@@H](CC(C)C)C(=O)N(C)[C@@H](C(C)C)C(=O)N1C. The quantitative estimate of drug-likeness (QED) is 0.0501. The van der Waals surface area contributed by atoms with E-state index in [2.05, 4.69) is 46.9 Å². The van der Waals surface area contributed by atoms with Crippen molar-refractivity contribution >= 4 is 76.7 Å². The molecule has 26 heteroatoms. The van der Waals surface area contributed by atoms with Crippen molar-refractivity contribution in [2.45, 2.75) is 268 Å². The fourth-order valence-electron chi connectivity index (χ4n) is 12.5. The Hall–Kier alpha value is -5.86. The van der Waals surface area contributed by atoms with E-state index in [1.807, 2.05) is 68.4 Å². The second kappa shape index (κ2) is 43.8. The first-order chi connectivity index (χ1) is 46.1. The number of nitrogens with zero attached hydrogens (tertiary/aromatic N) is 8. The van der Waals surface area contributed by atoms with Gasteiger partial charge in [-0.05, 0) is 133 Å². The summed E-state index contributed by atoms with van der Waals surface area (Å²) in [6, 6.07) is -12.7. The van der Waals surface area contributed by atoms with Gasteiger partial charge in [-0.3, -0.25) is 52.7 Å². The maximum absolute atomic E-state index is 15.6. The van der Waals surface area contributed by atoms with Gasteiger partial charge in [0.25, 0.3) is 5.91 Å². The van der Waals surface area contributed by atoms with Crippen LogP contribution in [0.15, 0.2) is 12.2 Å². The molecule has 1 aliphatic heterocycles. The number of hydrogen-bond acceptors (Lipinski definition) is 15. The fraction of sp³-hybridized carbons (Fsp3) is 0.822. The standard InChI is InChI=1S/C73H134N12O13S/c1-28-33-35-49(18)61(86)60-65(90)76-53(31-4)67(92)84(27)73(99-37-34-36-85(32-5)48(16)17)72(97)81(24)57(42-98-41-52(29-2)30-3)64(89)77-58(46(12)13)70(95)78(21)54(38-43(6)7)63(88)74-50(19)62(87)75-51(20)66(91)79(22)55(39-44(8)9)68(93)80(23)56(40-45(10)11)69(94)82(25)59(47(14)15)71(96)83(60)26/h28,33,43-61,73,86H,29-32,34-42H2,1-27H3,(H,74,88)(H,75,87)(H,76,90)(H,77,89)/b33-28+/t49-,50+,51-,53+,54+,55+,56+,57+,58+,59+,60+,61-,73-/m1/s1. The molecule has 0 aromatic heterocycles. The fourth-order valence-corrected chi connectivity index (χ4v) is 13.6. The topological polar surface area (TPSA) is 291 Å². The second-order valence-corrected chi connectivity index (χ2v) is 30.9. The molecule has 0 bridgehead atoms. The van der Waals surface area contributed by atoms with Gasteiger partial charge in [-0.2, -0.15) is 0 Å². The number of carbonyl (C=O) groups is 11. The van der Waals surface area contributed by atoms with Gasteiger partial charge in [0.15, 0.2) is 5.37 Å². The normalized spacial score (nSPS) is 25.7. The van der Waals surface area contributed by atoms with Gasteiger partial charge in [0.2, 0.25) is 59.1 Å². The molecule has 13 atom stereocenters. The summed E-state index contributed by atoms with van der Waals surface area (Å²) in [4.78, 5) is 176. The summed E-state index contributed by atoms with van der Waals surface area (Å²) < 4.78 is 6.29. The molecule has 0 aromatic carbocycles. The van der Waals surface area contributed by atoms with E-state index in [1.54, 1.807) is 47.6 Å². The second-order valence-electron chi connectivity index (χ2n) is 29.7. The molecule has 1 heterocycles. The van der Waals surface area contributed by atoms with Crippen LogP contribution in [0.5, 0.6) is 0 Å². The van der Waals surface area contributed by atoms with Gasteiger partial charge in [-0.25, -0.2) is 0 Å². The number of rotatable bonds is 26. The lowest BCUT2D eigenvalue weighted by atomic mass is 9.91. The molecule has 0 radical (unpaired) electrons. The minimum absolute atomic E-state index is 0.0111. The summed E-state index contributed by atoms with van der Waals surface area (Å²) in [6.07, 6.45) is 4.93. The Morgan fingerprint density at radius 3 is 1.46 bits per heavy atom. The molecule has 99 heavy (non-hydrogen) atoms. The Labute approximate surface area is 599 Å². The number of likely N-dealkylation sites (N-methyl/N-ethyl adjacent to an activating group) is 7. The number of nitrogens with one attached hydrogen (secondary N) is 4. The number of amides is 11. The number of hydrogen-bond donors (Lipinski definition) is 5. The van der Waals surface area contributed by atoms with E-state index in [0.29, 0.717) is 25.1 Å². The zero-order chi connectivity index (χ0) is 76.4. The zero-order valence-corrected chi connectivity index (χ0v) is 66.5. The van der Waals surface area contributed by atoms with E-state index in [9.17, 15) is 19.5 Å². The first kappa shape index (κ1) is 91.2. The Bertz CT molecular complexity index is 2640. The first-order valence-corrected chi connectivity index (χ1v) is 37.4. The molecule has 0 spiro atoms. The van der Waals surface area contributed by atoms with Gasteiger partial charge in [-0.15, -0.1) is 11.8 Å². The lowest BCUT2D eigenvalue weighted by Gasteiger charge is -2.41. The van der Waals surface area contributed by atoms with Gasteiger partial charge in [0.05, 0.1) is 12.7 Å². The van der Waals surface area contributed by atoms with Crippen LogP contribution in [0.3, 0.4) is 0 Å². The molecule has 0 aromatic rings. The molecular formula is C73H134N12O13S. The van der Waals surface area contributed by atoms with E-state index in [4.69, 9.17) is 4.74 Å². The third-order valence-electron chi connectivity index (χ3n) is 19.3. The predicted octanol–water partition coefficient (Wildman–Crippen LogP) is 5.86. The molecule has 11 amide bonds. The minimum atomic E-state index is -1.65. The summed E-state index contributed by atoms with van der Waals surface area (Å²) >= 11 is 1.18. The van der Waals surface area contributed by atoms with Crippen molar-refractivity contribution in [3.05, 3.63) is 12.2 Å². The smallest absolute Gasteiger partial charge is 0.256 e. The van der Waals surface area contributed by atoms with Crippen molar-refractivity contribution in [2.75, 3.05) is 81.4 Å². The van der Waals surface area contributed by atoms with Crippen LogP contribution in [-0.2, 0) is 57.5 Å². The summed E-state index contributed by atoms with van der Waals surface area (Å²) in [5.74, 6) is -9.46. The monoisotopic (exact) mass is 1420 g/mol. The van der Waals surface area contributed by atoms with Crippen molar-refractivity contribution in [1.82, 2.24) is 60.5 Å². The van der Waals surface area contributed by atoms with E-state index >= 15 is 38.4 Å². The van der Waals surface area contributed by atoms with Gasteiger partial charge >= 0.3 is 0 Å². The van der Waals surface area contributed by atoms with Crippen molar-refractivity contribution in [3.63, 3.8) is 0 Å². The highest BCUT2D eigenvalue weighted by molar-refractivity contribution is 8.00. The zero-order valence-electron chi connectivity index (χ0n) is 65.7. The maximum atomic E-state index is 15.6. The largest absolute Gasteiger partial charge is 0.390 e. The van der Waals surface area contributed by atoms with Crippen LogP contribution in [0.25, 0.3) is 0 Å². The molecule has 0 saturated carbocycles. The van der Waals surface area contributed by atoms with E-state index in [1.165, 1.54) is 104 Å². The summed E-state index contributed by atoms with van der Waals surface area (Å²) in [5, 5.41) is 22.3. The predicted molar refractivity (Wildman–Crippen MR) is 392 cm³/mol. The molecule has 25 nitrogen and oxygen atoms in total. The first-order valence-electron chi connectivity index (χ1n) is 36.4. The average molecular weight is 1420 g/mol. The van der Waals surface area contributed by atoms with Crippen molar-refractivity contribution in [1.29, 1.82) is 0 Å². The number of aliphatic hydroxyl groups is 1. The van der Waals surface area contributed by atoms with Gasteiger partial charge < -0.3 is 70.3 Å². The molecule has 5 N–H and O–H groups in total. The van der Waals surface area contributed by atoms with E-state index in [0.717, 1.165) is 24.3 Å². The highest BCUT2D eigenvalue weighted by Gasteiger charge is 2.46. The molecule has 1 fully saturated rings. The summed E-state index contributed by atoms with van der Waals surface area (Å²) in [6.45, 7) is 37.9. The molecule has 0 unspecified atom stereocenters. The van der Waals surface area contributed by atoms with Crippen molar-refractivity contribution < 1.29 is 62.6 Å².